The van der Waals surface area contributed by atoms with E-state index < -0.39 is 0 Å². The Morgan fingerprint density at radius 1 is 1.15 bits per heavy atom. The predicted molar refractivity (Wildman–Crippen MR) is 109 cm³/mol. The zero-order chi connectivity index (χ0) is 19.2. The van der Waals surface area contributed by atoms with Gasteiger partial charge in [0.05, 0.1) is 0 Å². The van der Waals surface area contributed by atoms with Gasteiger partial charge in [0.15, 0.2) is 0 Å². The van der Waals surface area contributed by atoms with E-state index >= 15 is 0 Å². The van der Waals surface area contributed by atoms with E-state index in [0.717, 1.165) is 49.2 Å². The zero-order valence-electron chi connectivity index (χ0n) is 16.4. The van der Waals surface area contributed by atoms with Gasteiger partial charge in [0, 0.05) is 44.0 Å². The SMILES string of the molecule is Cc1cnc(NC2CCC(CNC(=O)c3ccccc3)CC2)nc1N(C)C. The fraction of sp³-hybridized carbons (Fsp3) is 0.476. The summed E-state index contributed by atoms with van der Waals surface area (Å²) in [4.78, 5) is 23.2. The highest BCUT2D eigenvalue weighted by molar-refractivity contribution is 5.94. The summed E-state index contributed by atoms with van der Waals surface area (Å²) in [7, 11) is 3.99. The molecule has 0 aliphatic heterocycles. The minimum Gasteiger partial charge on any atom is -0.362 e. The number of aromatic nitrogens is 2. The number of amides is 1. The summed E-state index contributed by atoms with van der Waals surface area (Å²) in [5.41, 5.74) is 1.80. The molecule has 1 fully saturated rings. The Bertz CT molecular complexity index is 754. The van der Waals surface area contributed by atoms with E-state index in [0.29, 0.717) is 17.9 Å². The topological polar surface area (TPSA) is 70.1 Å². The van der Waals surface area contributed by atoms with Gasteiger partial charge in [0.25, 0.3) is 5.91 Å². The standard InChI is InChI=1S/C21H29N5O/c1-15-13-23-21(25-19(15)26(2)3)24-18-11-9-16(10-12-18)14-22-20(27)17-7-5-4-6-8-17/h4-8,13,16,18H,9-12,14H2,1-3H3,(H,22,27)(H,23,24,25). The van der Waals surface area contributed by atoms with Crippen LogP contribution in [0.2, 0.25) is 0 Å². The van der Waals surface area contributed by atoms with Crippen LogP contribution in [-0.2, 0) is 0 Å². The fourth-order valence-corrected chi connectivity index (χ4v) is 3.58. The average Bonchev–Trinajstić information content (AvgIpc) is 2.69. The number of anilines is 2. The molecule has 1 saturated carbocycles. The highest BCUT2D eigenvalue weighted by atomic mass is 16.1. The van der Waals surface area contributed by atoms with Crippen LogP contribution in [0.25, 0.3) is 0 Å². The minimum absolute atomic E-state index is 0.0140. The van der Waals surface area contributed by atoms with E-state index in [-0.39, 0.29) is 5.91 Å². The molecule has 3 rings (SSSR count). The molecule has 1 aromatic heterocycles. The molecule has 6 nitrogen and oxygen atoms in total. The molecule has 1 aliphatic carbocycles. The van der Waals surface area contributed by atoms with Gasteiger partial charge in [-0.15, -0.1) is 0 Å². The van der Waals surface area contributed by atoms with E-state index in [1.807, 2.05) is 62.4 Å². The smallest absolute Gasteiger partial charge is 0.251 e. The van der Waals surface area contributed by atoms with Crippen LogP contribution in [-0.4, -0.2) is 42.6 Å². The van der Waals surface area contributed by atoms with Crippen molar-refractivity contribution in [3.63, 3.8) is 0 Å². The molecule has 1 aromatic carbocycles. The third-order valence-corrected chi connectivity index (χ3v) is 5.14. The normalized spacial score (nSPS) is 19.4. The number of hydrogen-bond donors (Lipinski definition) is 2. The fourth-order valence-electron chi connectivity index (χ4n) is 3.58. The molecule has 0 bridgehead atoms. The summed E-state index contributed by atoms with van der Waals surface area (Å²) in [5.74, 6) is 2.20. The van der Waals surface area contributed by atoms with Crippen molar-refractivity contribution >= 4 is 17.7 Å². The van der Waals surface area contributed by atoms with Crippen molar-refractivity contribution in [1.82, 2.24) is 15.3 Å². The molecule has 1 aliphatic rings. The van der Waals surface area contributed by atoms with Crippen LogP contribution in [0.3, 0.4) is 0 Å². The Hall–Kier alpha value is -2.63. The molecule has 0 radical (unpaired) electrons. The van der Waals surface area contributed by atoms with Crippen LogP contribution >= 0.6 is 0 Å². The summed E-state index contributed by atoms with van der Waals surface area (Å²) >= 11 is 0. The lowest BCUT2D eigenvalue weighted by molar-refractivity contribution is 0.0943. The second-order valence-corrected chi connectivity index (χ2v) is 7.53. The Balaban J connectivity index is 1.45. The first-order chi connectivity index (χ1) is 13.0. The number of aryl methyl sites for hydroxylation is 1. The van der Waals surface area contributed by atoms with Gasteiger partial charge in [-0.25, -0.2) is 4.98 Å². The van der Waals surface area contributed by atoms with Crippen molar-refractivity contribution in [2.45, 2.75) is 38.6 Å². The van der Waals surface area contributed by atoms with E-state index in [1.54, 1.807) is 0 Å². The van der Waals surface area contributed by atoms with Crippen LogP contribution in [0.15, 0.2) is 36.5 Å². The lowest BCUT2D eigenvalue weighted by Crippen LogP contribution is -2.34. The maximum Gasteiger partial charge on any atom is 0.251 e. The second-order valence-electron chi connectivity index (χ2n) is 7.53. The molecule has 6 heteroatoms. The number of rotatable bonds is 6. The third-order valence-electron chi connectivity index (χ3n) is 5.14. The van der Waals surface area contributed by atoms with E-state index in [9.17, 15) is 4.79 Å². The molecular weight excluding hydrogens is 338 g/mol. The van der Waals surface area contributed by atoms with E-state index in [1.165, 1.54) is 0 Å². The number of nitrogens with one attached hydrogen (secondary N) is 2. The van der Waals surface area contributed by atoms with Crippen molar-refractivity contribution in [2.75, 3.05) is 30.9 Å². The lowest BCUT2D eigenvalue weighted by atomic mass is 9.86. The van der Waals surface area contributed by atoms with Gasteiger partial charge < -0.3 is 15.5 Å². The molecule has 27 heavy (non-hydrogen) atoms. The zero-order valence-corrected chi connectivity index (χ0v) is 16.4. The average molecular weight is 367 g/mol. The van der Waals surface area contributed by atoms with Gasteiger partial charge in [-0.05, 0) is 50.7 Å². The monoisotopic (exact) mass is 367 g/mol. The van der Waals surface area contributed by atoms with Gasteiger partial charge in [-0.2, -0.15) is 4.98 Å². The molecule has 1 heterocycles. The summed E-state index contributed by atoms with van der Waals surface area (Å²) in [6.45, 7) is 2.76. The summed E-state index contributed by atoms with van der Waals surface area (Å²) in [6, 6.07) is 9.79. The quantitative estimate of drug-likeness (QED) is 0.820. The summed E-state index contributed by atoms with van der Waals surface area (Å²) in [6.07, 6.45) is 6.20. The number of nitrogens with zero attached hydrogens (tertiary/aromatic N) is 3. The Labute approximate surface area is 161 Å². The van der Waals surface area contributed by atoms with Crippen LogP contribution in [0.1, 0.15) is 41.6 Å². The predicted octanol–water partition coefficient (Wildman–Crippen LogP) is 3.25. The van der Waals surface area contributed by atoms with Crippen molar-refractivity contribution in [1.29, 1.82) is 0 Å². The van der Waals surface area contributed by atoms with Crippen LogP contribution in [0, 0.1) is 12.8 Å². The van der Waals surface area contributed by atoms with Gasteiger partial charge in [-0.3, -0.25) is 4.79 Å². The van der Waals surface area contributed by atoms with E-state index in [4.69, 9.17) is 0 Å². The molecule has 0 saturated heterocycles. The Morgan fingerprint density at radius 3 is 2.52 bits per heavy atom. The first-order valence-electron chi connectivity index (χ1n) is 9.63. The van der Waals surface area contributed by atoms with Gasteiger partial charge in [0.1, 0.15) is 5.82 Å². The lowest BCUT2D eigenvalue weighted by Gasteiger charge is -2.29. The van der Waals surface area contributed by atoms with Crippen molar-refractivity contribution < 1.29 is 4.79 Å². The number of benzene rings is 1. The first-order valence-corrected chi connectivity index (χ1v) is 9.63. The molecule has 2 aromatic rings. The van der Waals surface area contributed by atoms with Gasteiger partial charge in [0.2, 0.25) is 5.95 Å². The van der Waals surface area contributed by atoms with Crippen molar-refractivity contribution in [3.8, 4) is 0 Å². The number of carbonyl (C=O) groups excluding carboxylic acids is 1. The van der Waals surface area contributed by atoms with Crippen LogP contribution in [0.5, 0.6) is 0 Å². The molecule has 0 unspecified atom stereocenters. The summed E-state index contributed by atoms with van der Waals surface area (Å²) in [5, 5.41) is 6.55. The van der Waals surface area contributed by atoms with Crippen molar-refractivity contribution in [2.24, 2.45) is 5.92 Å². The van der Waals surface area contributed by atoms with Crippen molar-refractivity contribution in [3.05, 3.63) is 47.7 Å². The number of hydrogen-bond acceptors (Lipinski definition) is 5. The first kappa shape index (κ1) is 19.1. The Kier molecular flexibility index (Phi) is 6.27. The van der Waals surface area contributed by atoms with Crippen LogP contribution < -0.4 is 15.5 Å². The van der Waals surface area contributed by atoms with Gasteiger partial charge in [-0.1, -0.05) is 18.2 Å². The van der Waals surface area contributed by atoms with Crippen LogP contribution in [0.4, 0.5) is 11.8 Å². The molecule has 0 atom stereocenters. The Morgan fingerprint density at radius 2 is 1.85 bits per heavy atom. The minimum atomic E-state index is 0.0140. The molecule has 144 valence electrons. The molecule has 1 amide bonds. The molecule has 2 N–H and O–H groups in total. The highest BCUT2D eigenvalue weighted by Gasteiger charge is 2.22. The highest BCUT2D eigenvalue weighted by Crippen LogP contribution is 2.26. The maximum absolute atomic E-state index is 12.2. The maximum atomic E-state index is 12.2. The largest absolute Gasteiger partial charge is 0.362 e. The molecular formula is C21H29N5O. The van der Waals surface area contributed by atoms with Gasteiger partial charge >= 0.3 is 0 Å². The summed E-state index contributed by atoms with van der Waals surface area (Å²) < 4.78 is 0. The second kappa shape index (κ2) is 8.84. The van der Waals surface area contributed by atoms with E-state index in [2.05, 4.69) is 20.6 Å². The molecule has 0 spiro atoms. The number of carbonyl (C=O) groups is 1. The third kappa shape index (κ3) is 5.18.